The second kappa shape index (κ2) is 10.6. The number of hydrogen-bond donors (Lipinski definition) is 3. The fourth-order valence-corrected chi connectivity index (χ4v) is 4.18. The molecule has 1 aliphatic carbocycles. The van der Waals surface area contributed by atoms with Crippen molar-refractivity contribution in [3.8, 4) is 0 Å². The molecule has 2 aromatic carbocycles. The van der Waals surface area contributed by atoms with Gasteiger partial charge in [0.25, 0.3) is 0 Å². The topological polar surface area (TPSA) is 58.3 Å². The molecule has 0 bridgehead atoms. The van der Waals surface area contributed by atoms with Crippen molar-refractivity contribution in [2.45, 2.75) is 75.6 Å². The fourth-order valence-electron chi connectivity index (χ4n) is 4.18. The molecule has 0 saturated heterocycles. The van der Waals surface area contributed by atoms with E-state index in [2.05, 4.69) is 41.7 Å². The molecule has 2 unspecified atom stereocenters. The highest BCUT2D eigenvalue weighted by atomic mass is 16.3. The Hall–Kier alpha value is -1.68. The molecule has 0 spiro atoms. The summed E-state index contributed by atoms with van der Waals surface area (Å²) in [5, 5.41) is 14.6. The Morgan fingerprint density at radius 3 is 1.89 bits per heavy atom. The van der Waals surface area contributed by atoms with Gasteiger partial charge in [-0.25, -0.2) is 0 Å². The van der Waals surface area contributed by atoms with Crippen LogP contribution >= 0.6 is 0 Å². The first-order valence-electron chi connectivity index (χ1n) is 10.6. The third-order valence-corrected chi connectivity index (χ3v) is 5.83. The van der Waals surface area contributed by atoms with E-state index < -0.39 is 0 Å². The average molecular weight is 367 g/mol. The van der Waals surface area contributed by atoms with Gasteiger partial charge in [-0.05, 0) is 24.0 Å². The minimum Gasteiger partial charge on any atom is -0.392 e. The van der Waals surface area contributed by atoms with Gasteiger partial charge in [0.2, 0.25) is 0 Å². The number of benzene rings is 2. The fraction of sp³-hybridized carbons (Fsp3) is 0.500. The molecule has 27 heavy (non-hydrogen) atoms. The summed E-state index contributed by atoms with van der Waals surface area (Å²) in [5.41, 5.74) is 9.01. The number of nitrogens with one attached hydrogen (secondary N) is 1. The molecule has 4 atom stereocenters. The van der Waals surface area contributed by atoms with Crippen LogP contribution < -0.4 is 11.1 Å². The van der Waals surface area contributed by atoms with E-state index in [4.69, 9.17) is 5.73 Å². The van der Waals surface area contributed by atoms with Crippen molar-refractivity contribution in [2.24, 2.45) is 5.73 Å². The second-order valence-electron chi connectivity index (χ2n) is 7.86. The van der Waals surface area contributed by atoms with Crippen molar-refractivity contribution in [1.29, 1.82) is 0 Å². The maximum atomic E-state index is 10.8. The molecule has 3 nitrogen and oxygen atoms in total. The largest absolute Gasteiger partial charge is 0.392 e. The van der Waals surface area contributed by atoms with Crippen LogP contribution in [0.3, 0.4) is 0 Å². The van der Waals surface area contributed by atoms with Gasteiger partial charge < -0.3 is 16.2 Å². The van der Waals surface area contributed by atoms with Crippen LogP contribution in [0.1, 0.15) is 74.6 Å². The van der Waals surface area contributed by atoms with E-state index in [0.717, 1.165) is 31.2 Å². The Morgan fingerprint density at radius 1 is 0.741 bits per heavy atom. The SMILES string of the molecule is N[C@@H](c1ccccc1)[C@@H](NC1CCCCCCCCC1O)c1ccccc1. The summed E-state index contributed by atoms with van der Waals surface area (Å²) in [6.07, 6.45) is 8.95. The summed E-state index contributed by atoms with van der Waals surface area (Å²) in [7, 11) is 0. The minimum absolute atomic E-state index is 0.0174. The van der Waals surface area contributed by atoms with E-state index in [1.807, 2.05) is 24.3 Å². The van der Waals surface area contributed by atoms with Crippen molar-refractivity contribution < 1.29 is 5.11 Å². The zero-order valence-electron chi connectivity index (χ0n) is 16.3. The lowest BCUT2D eigenvalue weighted by Gasteiger charge is -2.33. The highest BCUT2D eigenvalue weighted by Crippen LogP contribution is 2.29. The quantitative estimate of drug-likeness (QED) is 0.707. The molecule has 0 aromatic heterocycles. The van der Waals surface area contributed by atoms with Crippen molar-refractivity contribution in [1.82, 2.24) is 5.32 Å². The molecule has 1 fully saturated rings. The molecule has 0 aliphatic heterocycles. The average Bonchev–Trinajstić information content (AvgIpc) is 2.73. The summed E-state index contributed by atoms with van der Waals surface area (Å²) in [6, 6.07) is 20.6. The van der Waals surface area contributed by atoms with E-state index in [1.54, 1.807) is 0 Å². The van der Waals surface area contributed by atoms with Gasteiger partial charge in [-0.15, -0.1) is 0 Å². The first-order valence-corrected chi connectivity index (χ1v) is 10.6. The zero-order chi connectivity index (χ0) is 18.9. The lowest BCUT2D eigenvalue weighted by Crippen LogP contribution is -2.45. The molecular weight excluding hydrogens is 332 g/mol. The number of rotatable bonds is 5. The molecular formula is C24H34N2O. The Kier molecular flexibility index (Phi) is 7.88. The second-order valence-corrected chi connectivity index (χ2v) is 7.86. The Balaban J connectivity index is 1.81. The van der Waals surface area contributed by atoms with Crippen molar-refractivity contribution >= 4 is 0 Å². The lowest BCUT2D eigenvalue weighted by molar-refractivity contribution is 0.0988. The van der Waals surface area contributed by atoms with Gasteiger partial charge >= 0.3 is 0 Å². The van der Waals surface area contributed by atoms with E-state index >= 15 is 0 Å². The minimum atomic E-state index is -0.308. The summed E-state index contributed by atoms with van der Waals surface area (Å²) in [5.74, 6) is 0. The summed E-state index contributed by atoms with van der Waals surface area (Å²) in [6.45, 7) is 0. The Bertz CT molecular complexity index is 646. The number of aliphatic hydroxyl groups is 1. The summed E-state index contributed by atoms with van der Waals surface area (Å²) >= 11 is 0. The van der Waals surface area contributed by atoms with Gasteiger partial charge in [0, 0.05) is 12.1 Å². The summed E-state index contributed by atoms with van der Waals surface area (Å²) < 4.78 is 0. The molecule has 146 valence electrons. The number of aliphatic hydroxyl groups excluding tert-OH is 1. The smallest absolute Gasteiger partial charge is 0.0693 e. The summed E-state index contributed by atoms with van der Waals surface area (Å²) in [4.78, 5) is 0. The maximum Gasteiger partial charge on any atom is 0.0693 e. The lowest BCUT2D eigenvalue weighted by atomic mass is 9.90. The molecule has 3 heteroatoms. The first-order chi connectivity index (χ1) is 13.3. The molecule has 0 radical (unpaired) electrons. The van der Waals surface area contributed by atoms with Crippen LogP contribution in [0, 0.1) is 0 Å². The zero-order valence-corrected chi connectivity index (χ0v) is 16.3. The monoisotopic (exact) mass is 366 g/mol. The van der Waals surface area contributed by atoms with Crippen LogP contribution in [0.15, 0.2) is 60.7 Å². The van der Waals surface area contributed by atoms with Crippen molar-refractivity contribution in [2.75, 3.05) is 0 Å². The normalized spacial score (nSPS) is 24.1. The third kappa shape index (κ3) is 5.90. The van der Waals surface area contributed by atoms with Gasteiger partial charge in [0.05, 0.1) is 12.1 Å². The molecule has 1 saturated carbocycles. The Morgan fingerprint density at radius 2 is 1.26 bits per heavy atom. The first kappa shape index (κ1) is 20.1. The van der Waals surface area contributed by atoms with Crippen LogP contribution in [0.2, 0.25) is 0 Å². The number of hydrogen-bond acceptors (Lipinski definition) is 3. The highest BCUT2D eigenvalue weighted by molar-refractivity contribution is 5.27. The van der Waals surface area contributed by atoms with Crippen LogP contribution in [0.5, 0.6) is 0 Å². The molecule has 0 heterocycles. The van der Waals surface area contributed by atoms with E-state index in [9.17, 15) is 5.11 Å². The van der Waals surface area contributed by atoms with Gasteiger partial charge in [-0.1, -0.05) is 99.2 Å². The number of nitrogens with two attached hydrogens (primary N) is 1. The molecule has 2 aromatic rings. The van der Waals surface area contributed by atoms with Crippen LogP contribution in [-0.2, 0) is 0 Å². The van der Waals surface area contributed by atoms with Gasteiger partial charge in [0.1, 0.15) is 0 Å². The molecule has 4 N–H and O–H groups in total. The molecule has 1 aliphatic rings. The van der Waals surface area contributed by atoms with E-state index in [1.165, 1.54) is 31.2 Å². The van der Waals surface area contributed by atoms with E-state index in [0.29, 0.717) is 0 Å². The van der Waals surface area contributed by atoms with E-state index in [-0.39, 0.29) is 24.2 Å². The third-order valence-electron chi connectivity index (χ3n) is 5.83. The van der Waals surface area contributed by atoms with Crippen LogP contribution in [0.25, 0.3) is 0 Å². The van der Waals surface area contributed by atoms with Gasteiger partial charge in [-0.3, -0.25) is 0 Å². The molecule has 0 amide bonds. The van der Waals surface area contributed by atoms with Gasteiger partial charge in [0.15, 0.2) is 0 Å². The highest BCUT2D eigenvalue weighted by Gasteiger charge is 2.27. The predicted molar refractivity (Wildman–Crippen MR) is 112 cm³/mol. The van der Waals surface area contributed by atoms with Crippen LogP contribution in [-0.4, -0.2) is 17.3 Å². The van der Waals surface area contributed by atoms with Gasteiger partial charge in [-0.2, -0.15) is 0 Å². The van der Waals surface area contributed by atoms with Crippen LogP contribution in [0.4, 0.5) is 0 Å². The van der Waals surface area contributed by atoms with Crippen molar-refractivity contribution in [3.05, 3.63) is 71.8 Å². The molecule has 3 rings (SSSR count). The predicted octanol–water partition coefficient (Wildman–Crippen LogP) is 4.88. The maximum absolute atomic E-state index is 10.8. The van der Waals surface area contributed by atoms with Crippen molar-refractivity contribution in [3.63, 3.8) is 0 Å². The Labute approximate surface area is 164 Å². The standard InChI is InChI=1S/C24H34N2O/c25-23(19-13-7-5-8-14-19)24(20-15-9-6-10-16-20)26-21-17-11-3-1-2-4-12-18-22(21)27/h5-10,13-16,21-24,26-27H,1-4,11-12,17-18,25H2/t21?,22?,23-,24-/m0/s1.